The van der Waals surface area contributed by atoms with E-state index in [1.165, 1.54) is 0 Å². The molecular weight excluding hydrogens is 382 g/mol. The minimum absolute atomic E-state index is 0.0634. The minimum Gasteiger partial charge on any atom is -0.307 e. The molecule has 0 bridgehead atoms. The molecule has 3 rings (SSSR count). The number of rotatable bonds is 3. The maximum atomic E-state index is 12.4. The molecular formula is C15H16BrN3O3S. The number of halogens is 1. The average Bonchev–Trinajstić information content (AvgIpc) is 3.01. The molecule has 2 aromatic rings. The molecule has 23 heavy (non-hydrogen) atoms. The Bertz CT molecular complexity index is 861. The van der Waals surface area contributed by atoms with Crippen molar-refractivity contribution in [1.82, 2.24) is 9.78 Å². The van der Waals surface area contributed by atoms with Crippen LogP contribution in [-0.2, 0) is 9.84 Å². The van der Waals surface area contributed by atoms with Crippen LogP contribution in [0.5, 0.6) is 0 Å². The Hall–Kier alpha value is -1.67. The first-order valence-corrected chi connectivity index (χ1v) is 9.79. The van der Waals surface area contributed by atoms with Crippen molar-refractivity contribution in [2.75, 3.05) is 16.8 Å². The van der Waals surface area contributed by atoms with Crippen LogP contribution in [0, 0.1) is 6.92 Å². The molecule has 1 saturated heterocycles. The van der Waals surface area contributed by atoms with E-state index in [0.717, 1.165) is 10.2 Å². The van der Waals surface area contributed by atoms with Gasteiger partial charge >= 0.3 is 0 Å². The van der Waals surface area contributed by atoms with Gasteiger partial charge in [0.1, 0.15) is 5.82 Å². The molecule has 122 valence electrons. The van der Waals surface area contributed by atoms with E-state index in [1.807, 2.05) is 13.0 Å². The quantitative estimate of drug-likeness (QED) is 0.862. The highest BCUT2D eigenvalue weighted by atomic mass is 79.9. The molecule has 1 N–H and O–H groups in total. The highest BCUT2D eigenvalue weighted by Gasteiger charge is 2.31. The molecule has 8 heteroatoms. The second-order valence-corrected chi connectivity index (χ2v) is 8.78. The summed E-state index contributed by atoms with van der Waals surface area (Å²) in [6, 6.07) is 8.59. The number of nitrogens with one attached hydrogen (secondary N) is 1. The summed E-state index contributed by atoms with van der Waals surface area (Å²) in [5.74, 6) is 0.492. The van der Waals surface area contributed by atoms with E-state index in [1.54, 1.807) is 28.9 Å². The maximum Gasteiger partial charge on any atom is 0.256 e. The van der Waals surface area contributed by atoms with Crippen LogP contribution in [-0.4, -0.2) is 35.6 Å². The number of hydrogen-bond acceptors (Lipinski definition) is 4. The van der Waals surface area contributed by atoms with Crippen molar-refractivity contribution in [3.05, 3.63) is 46.1 Å². The number of carbonyl (C=O) groups excluding carboxylic acids is 1. The van der Waals surface area contributed by atoms with Gasteiger partial charge in [-0.2, -0.15) is 5.10 Å². The molecule has 1 atom stereocenters. The number of aryl methyl sites for hydroxylation is 1. The molecule has 1 fully saturated rings. The molecule has 1 aliphatic rings. The van der Waals surface area contributed by atoms with E-state index in [0.29, 0.717) is 17.8 Å². The van der Waals surface area contributed by atoms with Crippen molar-refractivity contribution in [3.8, 4) is 0 Å². The monoisotopic (exact) mass is 397 g/mol. The molecule has 1 aliphatic heterocycles. The third-order valence-corrected chi connectivity index (χ3v) is 5.98. The Morgan fingerprint density at radius 2 is 2.17 bits per heavy atom. The highest BCUT2D eigenvalue weighted by molar-refractivity contribution is 9.10. The van der Waals surface area contributed by atoms with Crippen molar-refractivity contribution in [2.45, 2.75) is 19.4 Å². The van der Waals surface area contributed by atoms with Crippen LogP contribution in [0.4, 0.5) is 5.82 Å². The molecule has 0 radical (unpaired) electrons. The minimum atomic E-state index is -3.02. The molecule has 6 nitrogen and oxygen atoms in total. The van der Waals surface area contributed by atoms with Crippen LogP contribution in [0.2, 0.25) is 0 Å². The number of benzene rings is 1. The summed E-state index contributed by atoms with van der Waals surface area (Å²) in [4.78, 5) is 12.4. The van der Waals surface area contributed by atoms with Crippen molar-refractivity contribution in [2.24, 2.45) is 0 Å². The summed E-state index contributed by atoms with van der Waals surface area (Å²) in [5.41, 5.74) is 1.25. The smallest absolute Gasteiger partial charge is 0.256 e. The zero-order valence-corrected chi connectivity index (χ0v) is 14.9. The number of sulfone groups is 1. The summed E-state index contributed by atoms with van der Waals surface area (Å²) in [5, 5.41) is 7.18. The fraction of sp³-hybridized carbons (Fsp3) is 0.333. The van der Waals surface area contributed by atoms with E-state index < -0.39 is 9.84 Å². The first-order valence-electron chi connectivity index (χ1n) is 7.17. The second-order valence-electron chi connectivity index (χ2n) is 5.64. The third-order valence-electron chi connectivity index (χ3n) is 3.74. The normalized spacial score (nSPS) is 19.7. The van der Waals surface area contributed by atoms with E-state index >= 15 is 0 Å². The molecule has 1 aromatic carbocycles. The van der Waals surface area contributed by atoms with Gasteiger partial charge in [-0.05, 0) is 31.5 Å². The van der Waals surface area contributed by atoms with Crippen molar-refractivity contribution in [3.63, 3.8) is 0 Å². The molecule has 1 amide bonds. The van der Waals surface area contributed by atoms with Crippen LogP contribution in [0.25, 0.3) is 0 Å². The molecule has 1 aromatic heterocycles. The molecule has 0 spiro atoms. The molecule has 0 aliphatic carbocycles. The van der Waals surface area contributed by atoms with Gasteiger partial charge in [-0.3, -0.25) is 4.79 Å². The highest BCUT2D eigenvalue weighted by Crippen LogP contribution is 2.27. The van der Waals surface area contributed by atoms with Gasteiger partial charge in [0, 0.05) is 16.1 Å². The zero-order valence-electron chi connectivity index (χ0n) is 12.5. The third kappa shape index (κ3) is 3.64. The Labute approximate surface area is 142 Å². The molecule has 2 heterocycles. The Morgan fingerprint density at radius 1 is 1.39 bits per heavy atom. The topological polar surface area (TPSA) is 81.1 Å². The lowest BCUT2D eigenvalue weighted by Crippen LogP contribution is -2.19. The SMILES string of the molecule is Cc1cc(NC(=O)c2cccc(Br)c2)n(C2CCS(=O)(=O)C2)n1. The van der Waals surface area contributed by atoms with E-state index in [4.69, 9.17) is 0 Å². The van der Waals surface area contributed by atoms with Gasteiger partial charge in [-0.25, -0.2) is 13.1 Å². The predicted octanol–water partition coefficient (Wildman–Crippen LogP) is 2.57. The van der Waals surface area contributed by atoms with Gasteiger partial charge < -0.3 is 5.32 Å². The fourth-order valence-corrected chi connectivity index (χ4v) is 4.77. The van der Waals surface area contributed by atoms with Gasteiger partial charge in [0.15, 0.2) is 9.84 Å². The van der Waals surface area contributed by atoms with Gasteiger partial charge in [0.2, 0.25) is 0 Å². The second kappa shape index (κ2) is 6.09. The number of carbonyl (C=O) groups is 1. The number of amides is 1. The average molecular weight is 398 g/mol. The summed E-state index contributed by atoms with van der Waals surface area (Å²) >= 11 is 3.34. The van der Waals surface area contributed by atoms with Crippen LogP contribution in [0.15, 0.2) is 34.8 Å². The fourth-order valence-electron chi connectivity index (χ4n) is 2.67. The van der Waals surface area contributed by atoms with Crippen LogP contribution < -0.4 is 5.32 Å². The van der Waals surface area contributed by atoms with Gasteiger partial charge in [0.05, 0.1) is 23.2 Å². The Balaban J connectivity index is 1.85. The Morgan fingerprint density at radius 3 is 2.83 bits per heavy atom. The first kappa shape index (κ1) is 16.2. The van der Waals surface area contributed by atoms with Crippen molar-refractivity contribution >= 4 is 37.5 Å². The number of hydrogen-bond donors (Lipinski definition) is 1. The lowest BCUT2D eigenvalue weighted by molar-refractivity contribution is 0.102. The van der Waals surface area contributed by atoms with Crippen LogP contribution in [0.3, 0.4) is 0 Å². The summed E-state index contributed by atoms with van der Waals surface area (Å²) in [6.07, 6.45) is 0.517. The predicted molar refractivity (Wildman–Crippen MR) is 91.4 cm³/mol. The summed E-state index contributed by atoms with van der Waals surface area (Å²) < 4.78 is 25.8. The van der Waals surface area contributed by atoms with Gasteiger partial charge in [0.25, 0.3) is 5.91 Å². The van der Waals surface area contributed by atoms with Crippen LogP contribution >= 0.6 is 15.9 Å². The van der Waals surface area contributed by atoms with Crippen molar-refractivity contribution in [1.29, 1.82) is 0 Å². The first-order chi connectivity index (χ1) is 10.8. The van der Waals surface area contributed by atoms with E-state index in [-0.39, 0.29) is 23.5 Å². The summed E-state index contributed by atoms with van der Waals surface area (Å²) in [7, 11) is -3.02. The van der Waals surface area contributed by atoms with Gasteiger partial charge in [-0.15, -0.1) is 0 Å². The number of anilines is 1. The summed E-state index contributed by atoms with van der Waals surface area (Å²) in [6.45, 7) is 1.81. The van der Waals surface area contributed by atoms with E-state index in [9.17, 15) is 13.2 Å². The molecule has 0 saturated carbocycles. The van der Waals surface area contributed by atoms with Crippen molar-refractivity contribution < 1.29 is 13.2 Å². The lowest BCUT2D eigenvalue weighted by atomic mass is 10.2. The lowest BCUT2D eigenvalue weighted by Gasteiger charge is -2.13. The Kier molecular flexibility index (Phi) is 4.29. The zero-order chi connectivity index (χ0) is 16.6. The molecule has 1 unspecified atom stereocenters. The maximum absolute atomic E-state index is 12.4. The number of nitrogens with zero attached hydrogens (tertiary/aromatic N) is 2. The van der Waals surface area contributed by atoms with Gasteiger partial charge in [-0.1, -0.05) is 22.0 Å². The number of aromatic nitrogens is 2. The van der Waals surface area contributed by atoms with Crippen LogP contribution in [0.1, 0.15) is 28.5 Å². The van der Waals surface area contributed by atoms with E-state index in [2.05, 4.69) is 26.3 Å². The standard InChI is InChI=1S/C15H16BrN3O3S/c1-10-7-14(17-15(20)11-3-2-4-12(16)8-11)19(18-10)13-5-6-23(21,22)9-13/h2-4,7-8,13H,5-6,9H2,1H3,(H,17,20). The largest absolute Gasteiger partial charge is 0.307 e.